The van der Waals surface area contributed by atoms with E-state index in [9.17, 15) is 28.0 Å². The maximum Gasteiger partial charge on any atom is 0.333 e. The quantitative estimate of drug-likeness (QED) is 0.0430. The van der Waals surface area contributed by atoms with Gasteiger partial charge in [0.25, 0.3) is 10.1 Å². The number of anilines is 1. The number of hydrogen-bond acceptors (Lipinski definition) is 9. The zero-order valence-electron chi connectivity index (χ0n) is 37.1. The van der Waals surface area contributed by atoms with Crippen LogP contribution in [0, 0.1) is 0 Å². The van der Waals surface area contributed by atoms with E-state index in [2.05, 4.69) is 60.6 Å². The molecular weight excluding hydrogens is 831 g/mol. The number of fused-ring (bicyclic) bond motifs is 3. The number of rotatable bonds is 16. The van der Waals surface area contributed by atoms with Gasteiger partial charge in [-0.25, -0.2) is 4.79 Å². The number of nitrogens with zero attached hydrogens (tertiary/aromatic N) is 3. The van der Waals surface area contributed by atoms with Crippen molar-refractivity contribution < 1.29 is 46.9 Å². The molecule has 0 unspecified atom stereocenters. The molecule has 64 heavy (non-hydrogen) atoms. The molecule has 3 N–H and O–H groups in total. The van der Waals surface area contributed by atoms with Crippen molar-refractivity contribution in [3.8, 4) is 17.5 Å². The van der Waals surface area contributed by atoms with Crippen molar-refractivity contribution >= 4 is 50.1 Å². The number of aromatic nitrogens is 1. The predicted octanol–water partition coefficient (Wildman–Crippen LogP) is 9.57. The molecule has 0 amide bonds. The summed E-state index contributed by atoms with van der Waals surface area (Å²) in [6.45, 7) is 12.6. The normalized spacial score (nSPS) is 17.2. The van der Waals surface area contributed by atoms with Crippen LogP contribution in [0.3, 0.4) is 0 Å². The van der Waals surface area contributed by atoms with Crippen molar-refractivity contribution in [3.63, 3.8) is 0 Å². The molecule has 4 heterocycles. The first-order chi connectivity index (χ1) is 30.5. The van der Waals surface area contributed by atoms with Gasteiger partial charge in [0.1, 0.15) is 18.1 Å². The molecule has 13 heteroatoms. The summed E-state index contributed by atoms with van der Waals surface area (Å²) in [5, 5.41) is 19.5. The van der Waals surface area contributed by atoms with Crippen molar-refractivity contribution in [2.75, 3.05) is 31.7 Å². The van der Waals surface area contributed by atoms with Crippen LogP contribution in [0.15, 0.2) is 132 Å². The number of allylic oxidation sites excluding steroid dienone is 10. The fraction of sp³-hybridized carbons (Fsp3) is 0.294. The highest BCUT2D eigenvalue weighted by Gasteiger charge is 2.45. The van der Waals surface area contributed by atoms with Crippen LogP contribution in [-0.4, -0.2) is 76.5 Å². The van der Waals surface area contributed by atoms with Crippen LogP contribution in [0.1, 0.15) is 82.6 Å². The van der Waals surface area contributed by atoms with Gasteiger partial charge in [-0.2, -0.15) is 13.0 Å². The Morgan fingerprint density at radius 1 is 0.875 bits per heavy atom. The Hall–Kier alpha value is -6.41. The first-order valence-electron chi connectivity index (χ1n) is 21.4. The molecule has 0 atom stereocenters. The van der Waals surface area contributed by atoms with Crippen molar-refractivity contribution in [1.29, 1.82) is 0 Å². The Morgan fingerprint density at radius 3 is 2.31 bits per heavy atom. The number of unbranched alkanes of at least 4 members (excludes halogenated alkanes) is 2. The van der Waals surface area contributed by atoms with Gasteiger partial charge in [-0.05, 0) is 82.9 Å². The molecule has 4 aromatic rings. The summed E-state index contributed by atoms with van der Waals surface area (Å²) in [6, 6.07) is 21.6. The van der Waals surface area contributed by atoms with Crippen LogP contribution in [0.4, 0.5) is 11.4 Å². The molecule has 0 bridgehead atoms. The number of benzene rings is 3. The summed E-state index contributed by atoms with van der Waals surface area (Å²) in [5.74, 6) is 0.200. The molecule has 0 spiro atoms. The van der Waals surface area contributed by atoms with Crippen molar-refractivity contribution in [1.82, 2.24) is 4.73 Å². The highest BCUT2D eigenvalue weighted by Crippen LogP contribution is 2.47. The lowest BCUT2D eigenvalue weighted by Crippen LogP contribution is -2.46. The second-order valence-electron chi connectivity index (χ2n) is 17.2. The molecule has 334 valence electrons. The predicted molar refractivity (Wildman–Crippen MR) is 251 cm³/mol. The Kier molecular flexibility index (Phi) is 13.4. The van der Waals surface area contributed by atoms with Crippen LogP contribution in [0.5, 0.6) is 17.5 Å². The Balaban J connectivity index is 1.11. The molecule has 0 radical (unpaired) electrons. The average molecular weight is 887 g/mol. The lowest BCUT2D eigenvalue weighted by atomic mass is 9.81. The first kappa shape index (κ1) is 45.6. The van der Waals surface area contributed by atoms with Crippen LogP contribution in [0.25, 0.3) is 16.9 Å². The van der Waals surface area contributed by atoms with E-state index < -0.39 is 21.5 Å². The minimum Gasteiger partial charge on any atom is -0.492 e. The van der Waals surface area contributed by atoms with E-state index in [-0.39, 0.29) is 28.6 Å². The van der Waals surface area contributed by atoms with Crippen molar-refractivity contribution in [3.05, 3.63) is 150 Å². The van der Waals surface area contributed by atoms with Gasteiger partial charge in [0, 0.05) is 84.8 Å². The Bertz CT molecular complexity index is 2750. The van der Waals surface area contributed by atoms with E-state index in [0.717, 1.165) is 63.0 Å². The fourth-order valence-corrected chi connectivity index (χ4v) is 9.17. The number of hydrogen-bond donors (Lipinski definition) is 3. The standard InChI is InChI=1S/C51H55N3O9S/c1-35-34-50(2,3)53(28-29-61-6)43-33-45-40(32-39(35)43)37(30-44(62-45)36-18-13-10-14-19-36)20-12-8-7-9-15-21-46-51(4,5)41-31-38(64(58,59)60)23-24-42(41)52(46)27-17-11-16-22-49(57)63-54-47(55)25-26-48(54)56/h7-10,12-15,18-21,23-26,30-34H,11,16-17,22,27-29H2,1-6H3,(H2-,55,56,58,59,60)/p+1. The molecule has 3 aromatic carbocycles. The third-order valence-electron chi connectivity index (χ3n) is 11.9. The van der Waals surface area contributed by atoms with Crippen molar-refractivity contribution in [2.45, 2.75) is 76.2 Å². The van der Waals surface area contributed by atoms with Gasteiger partial charge in [0.15, 0.2) is 5.71 Å². The SMILES string of the molecule is COCCN1c2cc3c(cc2C(C)=CC1(C)C)C(=CC=CC=CC=CC1=[N+](CCCCCC(=O)On2c(O)ccc2O)c2ccc(S(=O)(=O)O)cc2C1(C)C)C=C(c1ccccc1)O3. The van der Waals surface area contributed by atoms with Crippen LogP contribution in [0.2, 0.25) is 0 Å². The minimum absolute atomic E-state index is 0.0820. The molecule has 7 rings (SSSR count). The largest absolute Gasteiger partial charge is 0.492 e. The molecule has 12 nitrogen and oxygen atoms in total. The molecule has 0 saturated heterocycles. The van der Waals surface area contributed by atoms with Gasteiger partial charge < -0.3 is 29.4 Å². The Labute approximate surface area is 375 Å². The summed E-state index contributed by atoms with van der Waals surface area (Å²) in [4.78, 5) is 19.7. The van der Waals surface area contributed by atoms with E-state index in [4.69, 9.17) is 14.3 Å². The highest BCUT2D eigenvalue weighted by atomic mass is 32.2. The number of carbonyl (C=O) groups is 1. The summed E-state index contributed by atoms with van der Waals surface area (Å²) in [5.41, 5.74) is 8.21. The lowest BCUT2D eigenvalue weighted by molar-refractivity contribution is -0.438. The summed E-state index contributed by atoms with van der Waals surface area (Å²) in [6.07, 6.45) is 20.3. The highest BCUT2D eigenvalue weighted by molar-refractivity contribution is 7.85. The van der Waals surface area contributed by atoms with Gasteiger partial charge in [-0.15, -0.1) is 4.73 Å². The van der Waals surface area contributed by atoms with E-state index in [1.807, 2.05) is 80.6 Å². The third-order valence-corrected chi connectivity index (χ3v) is 12.7. The maximum absolute atomic E-state index is 12.4. The molecule has 3 aliphatic heterocycles. The minimum atomic E-state index is -4.42. The first-order valence-corrected chi connectivity index (χ1v) is 22.8. The Morgan fingerprint density at radius 2 is 1.59 bits per heavy atom. The topological polar surface area (TPSA) is 151 Å². The van der Waals surface area contributed by atoms with E-state index in [0.29, 0.717) is 37.1 Å². The zero-order valence-corrected chi connectivity index (χ0v) is 37.9. The summed E-state index contributed by atoms with van der Waals surface area (Å²) < 4.78 is 49.1. The molecule has 3 aliphatic rings. The molecule has 1 aromatic heterocycles. The fourth-order valence-electron chi connectivity index (χ4n) is 8.67. The number of methoxy groups -OCH3 is 1. The third kappa shape index (κ3) is 9.71. The second kappa shape index (κ2) is 18.7. The van der Waals surface area contributed by atoms with Crippen molar-refractivity contribution in [2.24, 2.45) is 0 Å². The molecule has 0 saturated carbocycles. The molecular formula is C51H56N3O9S+. The van der Waals surface area contributed by atoms with E-state index in [1.54, 1.807) is 13.2 Å². The van der Waals surface area contributed by atoms with Gasteiger partial charge >= 0.3 is 5.97 Å². The van der Waals surface area contributed by atoms with Gasteiger partial charge in [-0.1, -0.05) is 72.9 Å². The van der Waals surface area contributed by atoms with E-state index in [1.165, 1.54) is 29.8 Å². The molecule has 0 aliphatic carbocycles. The zero-order chi connectivity index (χ0) is 45.8. The monoisotopic (exact) mass is 886 g/mol. The second-order valence-corrected chi connectivity index (χ2v) is 18.6. The molecule has 0 fully saturated rings. The van der Waals surface area contributed by atoms with Gasteiger partial charge in [0.05, 0.1) is 22.5 Å². The lowest BCUT2D eigenvalue weighted by Gasteiger charge is -2.43. The summed E-state index contributed by atoms with van der Waals surface area (Å²) in [7, 11) is -2.70. The van der Waals surface area contributed by atoms with Crippen LogP contribution in [-0.2, 0) is 25.1 Å². The average Bonchev–Trinajstić information content (AvgIpc) is 3.67. The van der Waals surface area contributed by atoms with E-state index >= 15 is 0 Å². The summed E-state index contributed by atoms with van der Waals surface area (Å²) >= 11 is 0. The smallest absolute Gasteiger partial charge is 0.333 e. The number of ether oxygens (including phenoxy) is 2. The van der Waals surface area contributed by atoms with Crippen LogP contribution < -0.4 is 14.5 Å². The van der Waals surface area contributed by atoms with Crippen LogP contribution >= 0.6 is 0 Å². The van der Waals surface area contributed by atoms with Gasteiger partial charge in [0.2, 0.25) is 17.4 Å². The number of carbonyl (C=O) groups excluding carboxylic acids is 1. The van der Waals surface area contributed by atoms with Gasteiger partial charge in [-0.3, -0.25) is 4.55 Å². The maximum atomic E-state index is 12.4. The number of aromatic hydroxyl groups is 2.